The molecule has 1 amide bonds. The summed E-state index contributed by atoms with van der Waals surface area (Å²) in [4.78, 5) is 26.5. The van der Waals surface area contributed by atoms with Crippen LogP contribution in [-0.2, 0) is 19.3 Å². The number of rotatable bonds is 1. The number of nitrogens with zero attached hydrogens (tertiary/aromatic N) is 4. The zero-order chi connectivity index (χ0) is 19.3. The predicted octanol–water partition coefficient (Wildman–Crippen LogP) is 2.37. The van der Waals surface area contributed by atoms with Crippen molar-refractivity contribution < 1.29 is 22.4 Å². The first-order valence-electron chi connectivity index (χ1n) is 8.08. The third-order valence-corrected chi connectivity index (χ3v) is 4.58. The summed E-state index contributed by atoms with van der Waals surface area (Å²) in [6.07, 6.45) is -4.62. The van der Waals surface area contributed by atoms with Crippen molar-refractivity contribution in [3.05, 3.63) is 57.5 Å². The van der Waals surface area contributed by atoms with Gasteiger partial charge in [0.2, 0.25) is 5.82 Å². The van der Waals surface area contributed by atoms with E-state index in [0.29, 0.717) is 16.5 Å². The van der Waals surface area contributed by atoms with Gasteiger partial charge in [-0.3, -0.25) is 4.79 Å². The quantitative estimate of drug-likeness (QED) is 0.608. The second-order valence-corrected chi connectivity index (χ2v) is 6.20. The number of halogens is 3. The highest BCUT2D eigenvalue weighted by Gasteiger charge is 2.40. The predicted molar refractivity (Wildman–Crippen MR) is 87.0 cm³/mol. The van der Waals surface area contributed by atoms with Crippen molar-refractivity contribution in [2.24, 2.45) is 0 Å². The number of hydrogen-bond acceptors (Lipinski definition) is 5. The Morgan fingerprint density at radius 3 is 2.67 bits per heavy atom. The van der Waals surface area contributed by atoms with Crippen LogP contribution in [0.2, 0.25) is 0 Å². The number of amides is 1. The molecule has 3 heterocycles. The molecule has 1 aromatic carbocycles. The summed E-state index contributed by atoms with van der Waals surface area (Å²) in [6, 6.07) is 6.82. The maximum atomic E-state index is 12.9. The highest BCUT2D eigenvalue weighted by atomic mass is 19.4. The fourth-order valence-corrected chi connectivity index (χ4v) is 3.25. The van der Waals surface area contributed by atoms with Crippen LogP contribution in [0.4, 0.5) is 13.2 Å². The summed E-state index contributed by atoms with van der Waals surface area (Å²) < 4.78 is 44.9. The van der Waals surface area contributed by atoms with Crippen LogP contribution in [0.3, 0.4) is 0 Å². The molecule has 1 aliphatic heterocycles. The van der Waals surface area contributed by atoms with E-state index in [1.54, 1.807) is 31.2 Å². The van der Waals surface area contributed by atoms with Crippen molar-refractivity contribution >= 4 is 16.9 Å². The first-order chi connectivity index (χ1) is 12.8. The van der Waals surface area contributed by atoms with Gasteiger partial charge < -0.3 is 13.9 Å². The molecule has 0 fully saturated rings. The van der Waals surface area contributed by atoms with Crippen LogP contribution in [-0.4, -0.2) is 32.1 Å². The smallest absolute Gasteiger partial charge is 0.422 e. The van der Waals surface area contributed by atoms with Gasteiger partial charge >= 0.3 is 11.8 Å². The molecule has 0 unspecified atom stereocenters. The average molecular weight is 378 g/mol. The van der Waals surface area contributed by atoms with Crippen LogP contribution in [0.25, 0.3) is 11.0 Å². The summed E-state index contributed by atoms with van der Waals surface area (Å²) in [5.41, 5.74) is -0.0726. The SMILES string of the molecule is Cc1c(C(=O)N2CCn3c(nnc3C(F)(F)F)C2)c(=O)oc2ccccc12. The van der Waals surface area contributed by atoms with Gasteiger partial charge in [0.15, 0.2) is 5.82 Å². The van der Waals surface area contributed by atoms with Crippen molar-refractivity contribution in [3.63, 3.8) is 0 Å². The number of hydrogen-bond donors (Lipinski definition) is 0. The monoisotopic (exact) mass is 378 g/mol. The topological polar surface area (TPSA) is 81.2 Å². The number of fused-ring (bicyclic) bond motifs is 2. The van der Waals surface area contributed by atoms with E-state index in [4.69, 9.17) is 4.42 Å². The van der Waals surface area contributed by atoms with Gasteiger partial charge in [0, 0.05) is 18.5 Å². The minimum Gasteiger partial charge on any atom is -0.422 e. The average Bonchev–Trinajstić information content (AvgIpc) is 3.05. The van der Waals surface area contributed by atoms with Gasteiger partial charge in [0.1, 0.15) is 11.1 Å². The molecule has 27 heavy (non-hydrogen) atoms. The minimum absolute atomic E-state index is 0.00133. The van der Waals surface area contributed by atoms with Crippen molar-refractivity contribution in [1.82, 2.24) is 19.7 Å². The van der Waals surface area contributed by atoms with Crippen molar-refractivity contribution in [1.29, 1.82) is 0 Å². The van der Waals surface area contributed by atoms with E-state index in [9.17, 15) is 22.8 Å². The summed E-state index contributed by atoms with van der Waals surface area (Å²) in [5, 5.41) is 7.35. The van der Waals surface area contributed by atoms with E-state index in [1.165, 1.54) is 4.90 Å². The maximum absolute atomic E-state index is 12.9. The highest BCUT2D eigenvalue weighted by molar-refractivity contribution is 5.99. The Kier molecular flexibility index (Phi) is 3.79. The Morgan fingerprint density at radius 1 is 1.19 bits per heavy atom. The van der Waals surface area contributed by atoms with Crippen LogP contribution in [0.15, 0.2) is 33.5 Å². The molecule has 140 valence electrons. The molecule has 7 nitrogen and oxygen atoms in total. The van der Waals surface area contributed by atoms with Gasteiger partial charge in [0.05, 0.1) is 6.54 Å². The van der Waals surface area contributed by atoms with Gasteiger partial charge in [-0.2, -0.15) is 13.2 Å². The molecule has 2 aromatic heterocycles. The fourth-order valence-electron chi connectivity index (χ4n) is 3.25. The number of benzene rings is 1. The second kappa shape index (κ2) is 5.93. The lowest BCUT2D eigenvalue weighted by molar-refractivity contribution is -0.147. The number of aromatic nitrogens is 3. The normalized spacial score (nSPS) is 14.4. The zero-order valence-corrected chi connectivity index (χ0v) is 14.1. The van der Waals surface area contributed by atoms with Crippen molar-refractivity contribution in [2.75, 3.05) is 6.54 Å². The first-order valence-corrected chi connectivity index (χ1v) is 8.08. The molecular formula is C17H13F3N4O3. The number of alkyl halides is 3. The third-order valence-electron chi connectivity index (χ3n) is 4.58. The number of carbonyl (C=O) groups is 1. The summed E-state index contributed by atoms with van der Waals surface area (Å²) in [6.45, 7) is 1.36. The molecule has 0 N–H and O–H groups in total. The third kappa shape index (κ3) is 2.77. The molecule has 3 aromatic rings. The standard InChI is InChI=1S/C17H13F3N4O3/c1-9-10-4-2-3-5-11(10)27-15(26)13(9)14(25)23-6-7-24-12(8-23)21-22-16(24)17(18,19)20/h2-5H,6-8H2,1H3. The Hall–Kier alpha value is -3.17. The highest BCUT2D eigenvalue weighted by Crippen LogP contribution is 2.30. The van der Waals surface area contributed by atoms with Crippen LogP contribution >= 0.6 is 0 Å². The van der Waals surface area contributed by atoms with Gasteiger partial charge in [-0.1, -0.05) is 18.2 Å². The molecule has 1 aliphatic rings. The van der Waals surface area contributed by atoms with Gasteiger partial charge in [-0.05, 0) is 18.6 Å². The Labute approximate surface area is 150 Å². The van der Waals surface area contributed by atoms with Gasteiger partial charge in [-0.15, -0.1) is 10.2 Å². The van der Waals surface area contributed by atoms with Crippen LogP contribution < -0.4 is 5.63 Å². The van der Waals surface area contributed by atoms with E-state index in [2.05, 4.69) is 10.2 Å². The molecule has 0 saturated heterocycles. The largest absolute Gasteiger partial charge is 0.451 e. The Balaban J connectivity index is 1.70. The van der Waals surface area contributed by atoms with Gasteiger partial charge in [0.25, 0.3) is 5.91 Å². The molecule has 4 rings (SSSR count). The Bertz CT molecular complexity index is 1120. The van der Waals surface area contributed by atoms with Crippen LogP contribution in [0.1, 0.15) is 27.6 Å². The molecule has 0 bridgehead atoms. The molecule has 0 saturated carbocycles. The van der Waals surface area contributed by atoms with E-state index in [0.717, 1.165) is 4.57 Å². The van der Waals surface area contributed by atoms with Crippen LogP contribution in [0.5, 0.6) is 0 Å². The molecule has 0 atom stereocenters. The number of carbonyl (C=O) groups excluding carboxylic acids is 1. The first kappa shape index (κ1) is 17.3. The minimum atomic E-state index is -4.62. The lowest BCUT2D eigenvalue weighted by Crippen LogP contribution is -2.41. The molecule has 0 radical (unpaired) electrons. The summed E-state index contributed by atoms with van der Waals surface area (Å²) >= 11 is 0. The molecule has 10 heteroatoms. The van der Waals surface area contributed by atoms with Gasteiger partial charge in [-0.25, -0.2) is 4.79 Å². The van der Waals surface area contributed by atoms with E-state index in [1.807, 2.05) is 0 Å². The van der Waals surface area contributed by atoms with Crippen LogP contribution in [0, 0.1) is 6.92 Å². The van der Waals surface area contributed by atoms with Crippen molar-refractivity contribution in [3.8, 4) is 0 Å². The lowest BCUT2D eigenvalue weighted by atomic mass is 10.0. The van der Waals surface area contributed by atoms with E-state index in [-0.39, 0.29) is 31.0 Å². The Morgan fingerprint density at radius 2 is 1.93 bits per heavy atom. The second-order valence-electron chi connectivity index (χ2n) is 6.20. The molecular weight excluding hydrogens is 365 g/mol. The van der Waals surface area contributed by atoms with Crippen molar-refractivity contribution in [2.45, 2.75) is 26.2 Å². The maximum Gasteiger partial charge on any atom is 0.451 e. The van der Waals surface area contributed by atoms with E-state index < -0.39 is 23.5 Å². The molecule has 0 aliphatic carbocycles. The van der Waals surface area contributed by atoms with E-state index >= 15 is 0 Å². The fraction of sp³-hybridized carbons (Fsp3) is 0.294. The zero-order valence-electron chi connectivity index (χ0n) is 14.1. The summed E-state index contributed by atoms with van der Waals surface area (Å²) in [5.74, 6) is -1.68. The number of aryl methyl sites for hydroxylation is 1. The molecule has 0 spiro atoms. The summed E-state index contributed by atoms with van der Waals surface area (Å²) in [7, 11) is 0. The number of para-hydroxylation sites is 1. The lowest BCUT2D eigenvalue weighted by Gasteiger charge is -2.28.